The van der Waals surface area contributed by atoms with Crippen LogP contribution in [0.3, 0.4) is 0 Å². The highest BCUT2D eigenvalue weighted by Gasteiger charge is 2.33. The number of oxime groups is 1. The summed E-state index contributed by atoms with van der Waals surface area (Å²) in [6, 6.07) is 0. The van der Waals surface area contributed by atoms with Crippen molar-refractivity contribution >= 4 is 11.6 Å². The standard InChI is InChI=1S/C12H22N2O2/c1-5-12(3,4)11(15)14-7-6-10(13-16)9(2)8-14/h9,16H,5-8H2,1-4H3. The van der Waals surface area contributed by atoms with Gasteiger partial charge in [-0.3, -0.25) is 4.79 Å². The predicted octanol–water partition coefficient (Wildman–Crippen LogP) is 2.12. The van der Waals surface area contributed by atoms with Crippen molar-refractivity contribution in [2.45, 2.75) is 40.5 Å². The molecule has 1 aliphatic heterocycles. The Bertz CT molecular complexity index is 297. The van der Waals surface area contributed by atoms with Gasteiger partial charge in [-0.15, -0.1) is 0 Å². The van der Waals surface area contributed by atoms with E-state index < -0.39 is 0 Å². The normalized spacial score (nSPS) is 24.9. The van der Waals surface area contributed by atoms with E-state index in [2.05, 4.69) is 5.16 Å². The summed E-state index contributed by atoms with van der Waals surface area (Å²) in [7, 11) is 0. The number of rotatable bonds is 2. The minimum Gasteiger partial charge on any atom is -0.411 e. The Balaban J connectivity index is 2.69. The van der Waals surface area contributed by atoms with E-state index >= 15 is 0 Å². The zero-order valence-electron chi connectivity index (χ0n) is 10.7. The lowest BCUT2D eigenvalue weighted by molar-refractivity contribution is -0.141. The Kier molecular flexibility index (Phi) is 3.94. The third-order valence-electron chi connectivity index (χ3n) is 3.58. The minimum atomic E-state index is -0.284. The third kappa shape index (κ3) is 2.54. The van der Waals surface area contributed by atoms with Crippen molar-refractivity contribution in [3.8, 4) is 0 Å². The lowest BCUT2D eigenvalue weighted by Gasteiger charge is -2.36. The molecule has 0 spiro atoms. The molecule has 92 valence electrons. The van der Waals surface area contributed by atoms with Gasteiger partial charge in [-0.1, -0.05) is 32.9 Å². The van der Waals surface area contributed by atoms with Crippen molar-refractivity contribution in [2.24, 2.45) is 16.5 Å². The molecule has 4 heteroatoms. The monoisotopic (exact) mass is 226 g/mol. The Hall–Kier alpha value is -1.06. The van der Waals surface area contributed by atoms with Crippen LogP contribution in [-0.2, 0) is 4.79 Å². The van der Waals surface area contributed by atoms with E-state index in [0.717, 1.165) is 12.1 Å². The maximum atomic E-state index is 12.2. The van der Waals surface area contributed by atoms with Crippen molar-refractivity contribution in [2.75, 3.05) is 13.1 Å². The smallest absolute Gasteiger partial charge is 0.228 e. The fraction of sp³-hybridized carbons (Fsp3) is 0.833. The summed E-state index contributed by atoms with van der Waals surface area (Å²) in [6.45, 7) is 9.33. The van der Waals surface area contributed by atoms with Gasteiger partial charge in [0.25, 0.3) is 0 Å². The van der Waals surface area contributed by atoms with E-state index in [1.54, 1.807) is 0 Å². The highest BCUT2D eigenvalue weighted by molar-refractivity contribution is 5.90. The van der Waals surface area contributed by atoms with Crippen LogP contribution in [0.2, 0.25) is 0 Å². The summed E-state index contributed by atoms with van der Waals surface area (Å²) < 4.78 is 0. The van der Waals surface area contributed by atoms with Gasteiger partial charge in [-0.25, -0.2) is 0 Å². The van der Waals surface area contributed by atoms with Crippen molar-refractivity contribution in [3.05, 3.63) is 0 Å². The number of carbonyl (C=O) groups excluding carboxylic acids is 1. The van der Waals surface area contributed by atoms with Gasteiger partial charge in [-0.05, 0) is 6.42 Å². The molecular formula is C12H22N2O2. The van der Waals surface area contributed by atoms with Gasteiger partial charge in [0.1, 0.15) is 0 Å². The Morgan fingerprint density at radius 2 is 2.25 bits per heavy atom. The summed E-state index contributed by atoms with van der Waals surface area (Å²) in [4.78, 5) is 14.1. The van der Waals surface area contributed by atoms with Gasteiger partial charge in [-0.2, -0.15) is 0 Å². The molecule has 1 atom stereocenters. The average Bonchev–Trinajstić information content (AvgIpc) is 2.27. The molecule has 0 saturated carbocycles. The maximum Gasteiger partial charge on any atom is 0.228 e. The fourth-order valence-electron chi connectivity index (χ4n) is 1.94. The minimum absolute atomic E-state index is 0.162. The molecule has 4 nitrogen and oxygen atoms in total. The van der Waals surface area contributed by atoms with Crippen LogP contribution in [0.1, 0.15) is 40.5 Å². The van der Waals surface area contributed by atoms with Gasteiger partial charge in [0.2, 0.25) is 5.91 Å². The molecule has 0 aromatic heterocycles. The lowest BCUT2D eigenvalue weighted by Crippen LogP contribution is -2.48. The van der Waals surface area contributed by atoms with Crippen LogP contribution in [0.5, 0.6) is 0 Å². The number of carbonyl (C=O) groups is 1. The Labute approximate surface area is 97.3 Å². The van der Waals surface area contributed by atoms with E-state index in [1.165, 1.54) is 0 Å². The molecule has 16 heavy (non-hydrogen) atoms. The molecule has 0 aromatic rings. The first-order chi connectivity index (χ1) is 7.42. The fourth-order valence-corrected chi connectivity index (χ4v) is 1.94. The van der Waals surface area contributed by atoms with Crippen LogP contribution in [0.4, 0.5) is 0 Å². The van der Waals surface area contributed by atoms with E-state index in [9.17, 15) is 4.79 Å². The molecule has 1 saturated heterocycles. The Morgan fingerprint density at radius 3 is 2.69 bits per heavy atom. The molecule has 1 aliphatic rings. The quantitative estimate of drug-likeness (QED) is 0.579. The lowest BCUT2D eigenvalue weighted by atomic mass is 9.86. The maximum absolute atomic E-state index is 12.2. The number of piperidine rings is 1. The molecule has 0 bridgehead atoms. The van der Waals surface area contributed by atoms with E-state index in [4.69, 9.17) is 5.21 Å². The molecule has 1 unspecified atom stereocenters. The second-order valence-electron chi connectivity index (χ2n) is 5.23. The molecule has 1 fully saturated rings. The van der Waals surface area contributed by atoms with Gasteiger partial charge in [0.05, 0.1) is 5.71 Å². The topological polar surface area (TPSA) is 52.9 Å². The molecule has 0 aliphatic carbocycles. The molecular weight excluding hydrogens is 204 g/mol. The number of hydrogen-bond donors (Lipinski definition) is 1. The number of likely N-dealkylation sites (tertiary alicyclic amines) is 1. The first kappa shape index (κ1) is 13.0. The summed E-state index contributed by atoms with van der Waals surface area (Å²) in [5.74, 6) is 0.370. The molecule has 0 radical (unpaired) electrons. The van der Waals surface area contributed by atoms with Crippen molar-refractivity contribution < 1.29 is 10.0 Å². The van der Waals surface area contributed by atoms with Gasteiger partial charge in [0.15, 0.2) is 0 Å². The van der Waals surface area contributed by atoms with Gasteiger partial charge < -0.3 is 10.1 Å². The van der Waals surface area contributed by atoms with Crippen molar-refractivity contribution in [1.82, 2.24) is 4.90 Å². The first-order valence-electron chi connectivity index (χ1n) is 5.92. The third-order valence-corrected chi connectivity index (χ3v) is 3.58. The van der Waals surface area contributed by atoms with Crippen molar-refractivity contribution in [1.29, 1.82) is 0 Å². The van der Waals surface area contributed by atoms with E-state index in [0.29, 0.717) is 19.5 Å². The summed E-state index contributed by atoms with van der Waals surface area (Å²) in [6.07, 6.45) is 1.53. The second-order valence-corrected chi connectivity index (χ2v) is 5.23. The van der Waals surface area contributed by atoms with E-state index in [-0.39, 0.29) is 17.2 Å². The predicted molar refractivity (Wildman–Crippen MR) is 63.7 cm³/mol. The molecule has 1 heterocycles. The second kappa shape index (κ2) is 4.85. The van der Waals surface area contributed by atoms with Crippen LogP contribution in [0.25, 0.3) is 0 Å². The SMILES string of the molecule is CCC(C)(C)C(=O)N1CCC(=NO)C(C)C1. The average molecular weight is 226 g/mol. The highest BCUT2D eigenvalue weighted by Crippen LogP contribution is 2.25. The molecule has 0 aromatic carbocycles. The highest BCUT2D eigenvalue weighted by atomic mass is 16.4. The van der Waals surface area contributed by atoms with Crippen LogP contribution in [0, 0.1) is 11.3 Å². The summed E-state index contributed by atoms with van der Waals surface area (Å²) >= 11 is 0. The summed E-state index contributed by atoms with van der Waals surface area (Å²) in [5, 5.41) is 12.1. The van der Waals surface area contributed by atoms with Crippen LogP contribution >= 0.6 is 0 Å². The molecule has 1 rings (SSSR count). The van der Waals surface area contributed by atoms with Gasteiger partial charge in [0, 0.05) is 30.8 Å². The number of nitrogens with zero attached hydrogens (tertiary/aromatic N) is 2. The zero-order valence-corrected chi connectivity index (χ0v) is 10.7. The van der Waals surface area contributed by atoms with Gasteiger partial charge >= 0.3 is 0 Å². The zero-order chi connectivity index (χ0) is 12.3. The summed E-state index contributed by atoms with van der Waals surface area (Å²) in [5.41, 5.74) is 0.520. The number of hydrogen-bond acceptors (Lipinski definition) is 3. The number of amides is 1. The van der Waals surface area contributed by atoms with Crippen LogP contribution in [-0.4, -0.2) is 34.8 Å². The molecule has 1 N–H and O–H groups in total. The van der Waals surface area contributed by atoms with E-state index in [1.807, 2.05) is 32.6 Å². The van der Waals surface area contributed by atoms with Crippen LogP contribution in [0.15, 0.2) is 5.16 Å². The van der Waals surface area contributed by atoms with Crippen molar-refractivity contribution in [3.63, 3.8) is 0 Å². The first-order valence-corrected chi connectivity index (χ1v) is 5.92. The largest absolute Gasteiger partial charge is 0.411 e. The van der Waals surface area contributed by atoms with Crippen LogP contribution < -0.4 is 0 Å². The Morgan fingerprint density at radius 1 is 1.62 bits per heavy atom. The molecule has 1 amide bonds.